The Kier molecular flexibility index (Phi) is 9.02. The van der Waals surface area contributed by atoms with Crippen LogP contribution in [0.3, 0.4) is 0 Å². The number of nitrogens with one attached hydrogen (secondary N) is 3. The van der Waals surface area contributed by atoms with Crippen molar-refractivity contribution in [2.75, 3.05) is 12.4 Å². The number of aromatic nitrogens is 8. The van der Waals surface area contributed by atoms with Crippen molar-refractivity contribution >= 4 is 40.9 Å². The van der Waals surface area contributed by atoms with E-state index in [2.05, 4.69) is 41.0 Å². The van der Waals surface area contributed by atoms with Crippen molar-refractivity contribution < 1.29 is 14.3 Å². The Bertz CT molecular complexity index is 1710. The first kappa shape index (κ1) is 29.7. The van der Waals surface area contributed by atoms with Crippen LogP contribution in [0.1, 0.15) is 35.2 Å². The van der Waals surface area contributed by atoms with E-state index in [9.17, 15) is 9.59 Å². The Morgan fingerprint density at radius 1 is 1.12 bits per heavy atom. The molecule has 0 aliphatic heterocycles. The average molecular weight is 624 g/mol. The quantitative estimate of drug-likeness (QED) is 0.204. The van der Waals surface area contributed by atoms with Gasteiger partial charge in [-0.05, 0) is 65.7 Å². The normalized spacial score (nSPS) is 11.7. The van der Waals surface area contributed by atoms with Crippen LogP contribution in [0, 0.1) is 6.92 Å². The minimum absolute atomic E-state index is 0.170. The third-order valence-corrected chi connectivity index (χ3v) is 7.28. The van der Waals surface area contributed by atoms with Gasteiger partial charge in [0.2, 0.25) is 5.91 Å². The second-order valence-electron chi connectivity index (χ2n) is 9.73. The Morgan fingerprint density at radius 3 is 2.58 bits per heavy atom. The lowest BCUT2D eigenvalue weighted by atomic mass is 10.1. The molecule has 13 nitrogen and oxygen atoms in total. The number of benzene rings is 2. The topological polar surface area (TPSA) is 158 Å². The molecule has 5 rings (SSSR count). The minimum atomic E-state index is -0.571. The van der Waals surface area contributed by atoms with E-state index in [1.54, 1.807) is 41.1 Å². The van der Waals surface area contributed by atoms with Crippen molar-refractivity contribution in [2.45, 2.75) is 32.2 Å². The van der Waals surface area contributed by atoms with Gasteiger partial charge in [-0.1, -0.05) is 35.3 Å². The number of hydrogen-bond donors (Lipinski definition) is 3. The van der Waals surface area contributed by atoms with Crippen LogP contribution in [0.2, 0.25) is 10.2 Å². The molecule has 3 N–H and O–H groups in total. The fourth-order valence-corrected chi connectivity index (χ4v) is 4.97. The van der Waals surface area contributed by atoms with Gasteiger partial charge in [0.05, 0.1) is 24.5 Å². The van der Waals surface area contributed by atoms with E-state index in [-0.39, 0.29) is 12.3 Å². The zero-order valence-electron chi connectivity index (χ0n) is 23.5. The highest BCUT2D eigenvalue weighted by atomic mass is 35.5. The van der Waals surface area contributed by atoms with Gasteiger partial charge in [-0.15, -0.1) is 5.10 Å². The van der Waals surface area contributed by atoms with E-state index in [4.69, 9.17) is 28.2 Å². The van der Waals surface area contributed by atoms with Crippen molar-refractivity contribution in [1.82, 2.24) is 45.3 Å². The number of anilines is 1. The molecule has 1 atom stereocenters. The van der Waals surface area contributed by atoms with Crippen molar-refractivity contribution in [3.8, 4) is 16.9 Å². The van der Waals surface area contributed by atoms with E-state index in [1.807, 2.05) is 26.1 Å². The number of amides is 2. The van der Waals surface area contributed by atoms with Gasteiger partial charge in [0.25, 0.3) is 0 Å². The summed E-state index contributed by atoms with van der Waals surface area (Å²) < 4.78 is 7.94. The summed E-state index contributed by atoms with van der Waals surface area (Å²) in [6.45, 7) is 1.96. The fourth-order valence-electron chi connectivity index (χ4n) is 4.53. The highest BCUT2D eigenvalue weighted by Crippen LogP contribution is 2.30. The van der Waals surface area contributed by atoms with E-state index >= 15 is 0 Å². The molecule has 0 radical (unpaired) electrons. The van der Waals surface area contributed by atoms with Crippen LogP contribution >= 0.6 is 23.2 Å². The molecule has 2 amide bonds. The van der Waals surface area contributed by atoms with Crippen LogP contribution in [0.5, 0.6) is 0 Å². The van der Waals surface area contributed by atoms with Gasteiger partial charge in [0.1, 0.15) is 23.0 Å². The maximum atomic E-state index is 13.3. The zero-order chi connectivity index (χ0) is 30.5. The summed E-state index contributed by atoms with van der Waals surface area (Å²) in [5.41, 5.74) is 5.10. The monoisotopic (exact) mass is 622 g/mol. The highest BCUT2D eigenvalue weighted by Gasteiger charge is 2.23. The molecule has 0 aliphatic rings. The number of carbonyl (C=O) groups is 2. The highest BCUT2D eigenvalue weighted by molar-refractivity contribution is 6.32. The third kappa shape index (κ3) is 7.19. The molecule has 2 aromatic carbocycles. The summed E-state index contributed by atoms with van der Waals surface area (Å²) in [7, 11) is 3.15. The molecule has 0 saturated carbocycles. The molecule has 0 aliphatic carbocycles. The van der Waals surface area contributed by atoms with Gasteiger partial charge < -0.3 is 15.0 Å². The predicted octanol–water partition coefficient (Wildman–Crippen LogP) is 4.61. The number of hydrogen-bond acceptors (Lipinski definition) is 8. The Morgan fingerprint density at radius 2 is 1.91 bits per heavy atom. The Labute approximate surface area is 256 Å². The zero-order valence-corrected chi connectivity index (χ0v) is 25.0. The number of H-pyrrole nitrogens is 1. The molecule has 5 aromatic rings. The third-order valence-electron chi connectivity index (χ3n) is 6.77. The Hall–Kier alpha value is -4.75. The lowest BCUT2D eigenvalue weighted by molar-refractivity contribution is -0.121. The number of imidazole rings is 1. The van der Waals surface area contributed by atoms with E-state index in [0.29, 0.717) is 40.2 Å². The van der Waals surface area contributed by atoms with Gasteiger partial charge in [0.15, 0.2) is 0 Å². The summed E-state index contributed by atoms with van der Waals surface area (Å²) in [4.78, 5) is 32.7. The number of methoxy groups -OCH3 is 1. The second-order valence-corrected chi connectivity index (χ2v) is 10.5. The van der Waals surface area contributed by atoms with Crippen molar-refractivity contribution in [3.05, 3.63) is 87.8 Å². The first-order valence-electron chi connectivity index (χ1n) is 13.2. The van der Waals surface area contributed by atoms with Crippen molar-refractivity contribution in [1.29, 1.82) is 0 Å². The largest absolute Gasteiger partial charge is 0.453 e. The minimum Gasteiger partial charge on any atom is -0.453 e. The van der Waals surface area contributed by atoms with Gasteiger partial charge in [-0.3, -0.25) is 14.8 Å². The molecular formula is C28H28Cl2N10O3. The molecule has 3 aromatic heterocycles. The summed E-state index contributed by atoms with van der Waals surface area (Å²) in [6.07, 6.45) is 1.86. The molecule has 0 bridgehead atoms. The molecular weight excluding hydrogens is 595 g/mol. The average Bonchev–Trinajstić information content (AvgIpc) is 3.73. The maximum Gasteiger partial charge on any atom is 0.411 e. The van der Waals surface area contributed by atoms with Crippen LogP contribution in [0.15, 0.2) is 54.9 Å². The van der Waals surface area contributed by atoms with Crippen LogP contribution in [0.4, 0.5) is 10.5 Å². The number of aryl methyl sites for hydroxylation is 3. The summed E-state index contributed by atoms with van der Waals surface area (Å²) in [6, 6.07) is 13.7. The van der Waals surface area contributed by atoms with Gasteiger partial charge in [-0.2, -0.15) is 5.10 Å². The van der Waals surface area contributed by atoms with Crippen LogP contribution in [-0.2, 0) is 29.4 Å². The van der Waals surface area contributed by atoms with Crippen molar-refractivity contribution in [2.24, 2.45) is 7.05 Å². The predicted molar refractivity (Wildman–Crippen MR) is 160 cm³/mol. The molecule has 43 heavy (non-hydrogen) atoms. The van der Waals surface area contributed by atoms with Crippen LogP contribution < -0.4 is 10.6 Å². The number of tetrazole rings is 1. The summed E-state index contributed by atoms with van der Waals surface area (Å²) in [5, 5.41) is 22.5. The van der Waals surface area contributed by atoms with E-state index in [1.165, 1.54) is 18.1 Å². The maximum absolute atomic E-state index is 13.3. The Balaban J connectivity index is 1.36. The second kappa shape index (κ2) is 13.0. The van der Waals surface area contributed by atoms with Gasteiger partial charge in [-0.25, -0.2) is 14.5 Å². The molecule has 0 fully saturated rings. The summed E-state index contributed by atoms with van der Waals surface area (Å²) in [5.74, 6) is 0.276. The number of ether oxygens (including phenoxy) is 1. The fraction of sp³-hybridized carbons (Fsp3) is 0.250. The lowest BCUT2D eigenvalue weighted by Gasteiger charge is -2.16. The van der Waals surface area contributed by atoms with Crippen LogP contribution in [0.25, 0.3) is 16.9 Å². The first-order valence-corrected chi connectivity index (χ1v) is 14.0. The van der Waals surface area contributed by atoms with Crippen molar-refractivity contribution in [3.63, 3.8) is 0 Å². The standard InChI is InChI=1S/C28H28Cl2N10O3/c1-16-12-21(36-39(16)2)14-22(27-34-25(26(30)35-27)17-4-8-20(9-5-17)32-28(42)43-3)33-24(41)11-6-18-13-19(29)7-10-23(18)40-15-31-37-38-40/h4-5,7-10,12-13,15,22H,6,11,14H2,1-3H3,(H,32,42)(H,33,41)(H,34,35)/t22-/m0/s1. The number of rotatable bonds is 10. The van der Waals surface area contributed by atoms with E-state index in [0.717, 1.165) is 28.2 Å². The number of carbonyl (C=O) groups excluding carboxylic acids is 2. The first-order chi connectivity index (χ1) is 20.7. The smallest absolute Gasteiger partial charge is 0.411 e. The lowest BCUT2D eigenvalue weighted by Crippen LogP contribution is -2.31. The van der Waals surface area contributed by atoms with E-state index < -0.39 is 12.1 Å². The molecule has 3 heterocycles. The number of halogens is 2. The van der Waals surface area contributed by atoms with Crippen LogP contribution in [-0.4, -0.2) is 59.1 Å². The summed E-state index contributed by atoms with van der Waals surface area (Å²) >= 11 is 12.8. The SMILES string of the molecule is COC(=O)Nc1ccc(-c2nc([C@H](Cc3cc(C)n(C)n3)NC(=O)CCc3cc(Cl)ccc3-n3cnnn3)[nH]c2Cl)cc1. The number of nitrogens with zero attached hydrogens (tertiary/aromatic N) is 7. The molecule has 15 heteroatoms. The molecule has 0 unspecified atom stereocenters. The molecule has 0 spiro atoms. The molecule has 0 saturated heterocycles. The molecule has 222 valence electrons. The number of aromatic amines is 1. The van der Waals surface area contributed by atoms with Gasteiger partial charge in [0, 0.05) is 41.9 Å². The van der Waals surface area contributed by atoms with Gasteiger partial charge >= 0.3 is 6.09 Å².